The van der Waals surface area contributed by atoms with Crippen LogP contribution in [0.1, 0.15) is 32.7 Å². The molecule has 2 fully saturated rings. The van der Waals surface area contributed by atoms with Gasteiger partial charge in [0.2, 0.25) is 5.91 Å². The molecule has 2 aliphatic rings. The third kappa shape index (κ3) is 4.39. The van der Waals surface area contributed by atoms with Gasteiger partial charge in [-0.1, -0.05) is 36.4 Å². The second kappa shape index (κ2) is 8.62. The number of carbonyl (C=O) groups excluding carboxylic acids is 3. The van der Waals surface area contributed by atoms with E-state index in [1.165, 1.54) is 18.2 Å². The first kappa shape index (κ1) is 21.2. The van der Waals surface area contributed by atoms with Crippen LogP contribution in [0.15, 0.2) is 48.5 Å². The number of nitrogens with zero attached hydrogens (tertiary/aromatic N) is 2. The molecule has 4 rings (SSSR count). The van der Waals surface area contributed by atoms with Crippen LogP contribution in [0.4, 0.5) is 0 Å². The van der Waals surface area contributed by atoms with Crippen molar-refractivity contribution in [3.05, 3.63) is 65.2 Å². The summed E-state index contributed by atoms with van der Waals surface area (Å²) in [7, 11) is -1.79. The van der Waals surface area contributed by atoms with Crippen molar-refractivity contribution in [1.29, 1.82) is 0 Å². The summed E-state index contributed by atoms with van der Waals surface area (Å²) >= 11 is 0. The summed E-state index contributed by atoms with van der Waals surface area (Å²) in [5.41, 5.74) is 0.814. The molecule has 160 valence electrons. The number of aldehydes is 1. The van der Waals surface area contributed by atoms with Gasteiger partial charge in [-0.15, -0.1) is 0 Å². The van der Waals surface area contributed by atoms with Gasteiger partial charge in [0.15, 0.2) is 0 Å². The number of hydrogen-bond donors (Lipinski definition) is 2. The van der Waals surface area contributed by atoms with Crippen LogP contribution in [0.2, 0.25) is 0 Å². The highest BCUT2D eigenvalue weighted by Crippen LogP contribution is 2.31. The minimum absolute atomic E-state index is 0.0206. The van der Waals surface area contributed by atoms with E-state index in [1.807, 2.05) is 30.3 Å². The molecule has 2 saturated heterocycles. The van der Waals surface area contributed by atoms with E-state index in [9.17, 15) is 24.4 Å². The average molecular weight is 422 g/mol. The zero-order chi connectivity index (χ0) is 22.0. The molecule has 2 aliphatic heterocycles. The third-order valence-electron chi connectivity index (χ3n) is 5.89. The number of morpholine rings is 1. The van der Waals surface area contributed by atoms with Crippen molar-refractivity contribution in [2.24, 2.45) is 0 Å². The van der Waals surface area contributed by atoms with Crippen LogP contribution in [0, 0.1) is 0 Å². The Morgan fingerprint density at radius 1 is 1.16 bits per heavy atom. The topological polar surface area (TPSA) is 107 Å². The van der Waals surface area contributed by atoms with E-state index in [0.717, 1.165) is 5.56 Å². The summed E-state index contributed by atoms with van der Waals surface area (Å²) in [5, 5.41) is 18.7. The van der Waals surface area contributed by atoms with Gasteiger partial charge < -0.3 is 24.6 Å². The Balaban J connectivity index is 1.47. The van der Waals surface area contributed by atoms with Gasteiger partial charge in [0.25, 0.3) is 5.91 Å². The van der Waals surface area contributed by atoms with Gasteiger partial charge in [0.05, 0.1) is 13.1 Å². The molecule has 0 aliphatic carbocycles. The number of ether oxygens (including phenoxy) is 1. The van der Waals surface area contributed by atoms with Crippen molar-refractivity contribution in [1.82, 2.24) is 9.80 Å². The first-order chi connectivity index (χ1) is 14.9. The molecule has 0 saturated carbocycles. The molecular weight excluding hydrogens is 399 g/mol. The lowest BCUT2D eigenvalue weighted by Gasteiger charge is -2.40. The number of benzene rings is 2. The van der Waals surface area contributed by atoms with Gasteiger partial charge in [-0.05, 0) is 29.6 Å². The van der Waals surface area contributed by atoms with Crippen molar-refractivity contribution < 1.29 is 29.2 Å². The second-order valence-corrected chi connectivity index (χ2v) is 8.02. The molecule has 31 heavy (non-hydrogen) atoms. The number of carbonyl (C=O) groups is 3. The van der Waals surface area contributed by atoms with Gasteiger partial charge in [-0.25, -0.2) is 0 Å². The fraction of sp³-hybridized carbons (Fsp3) is 0.318. The number of rotatable bonds is 5. The lowest BCUT2D eigenvalue weighted by atomic mass is 9.77. The zero-order valence-corrected chi connectivity index (χ0v) is 16.9. The SMILES string of the molecule is O=Cc1cc(C(=O)N2CCC3(CN(Cc4ccccc4)C(=O)CO3)C2)ccc1B(O)O. The summed E-state index contributed by atoms with van der Waals surface area (Å²) in [6, 6.07) is 13.9. The molecule has 2 heterocycles. The monoisotopic (exact) mass is 422 g/mol. The number of likely N-dealkylation sites (tertiary alicyclic amines) is 1. The molecule has 8 nitrogen and oxygen atoms in total. The summed E-state index contributed by atoms with van der Waals surface area (Å²) in [6.07, 6.45) is 1.10. The Bertz CT molecular complexity index is 999. The fourth-order valence-electron chi connectivity index (χ4n) is 4.23. The van der Waals surface area contributed by atoms with Crippen LogP contribution in [0.25, 0.3) is 0 Å². The zero-order valence-electron chi connectivity index (χ0n) is 16.9. The molecule has 1 spiro atoms. The number of amides is 2. The lowest BCUT2D eigenvalue weighted by molar-refractivity contribution is -0.162. The average Bonchev–Trinajstić information content (AvgIpc) is 3.19. The van der Waals surface area contributed by atoms with E-state index in [-0.39, 0.29) is 35.0 Å². The first-order valence-electron chi connectivity index (χ1n) is 10.1. The molecule has 2 aromatic carbocycles. The van der Waals surface area contributed by atoms with E-state index >= 15 is 0 Å². The smallest absolute Gasteiger partial charge is 0.423 e. The largest absolute Gasteiger partial charge is 0.489 e. The molecular formula is C22H23BN2O6. The van der Waals surface area contributed by atoms with Gasteiger partial charge in [0.1, 0.15) is 18.5 Å². The molecule has 2 aromatic rings. The highest BCUT2D eigenvalue weighted by Gasteiger charge is 2.46. The van der Waals surface area contributed by atoms with E-state index in [1.54, 1.807) is 9.80 Å². The van der Waals surface area contributed by atoms with Crippen molar-refractivity contribution in [2.75, 3.05) is 26.2 Å². The summed E-state index contributed by atoms with van der Waals surface area (Å²) in [4.78, 5) is 40.1. The highest BCUT2D eigenvalue weighted by atomic mass is 16.5. The van der Waals surface area contributed by atoms with Crippen LogP contribution in [0.3, 0.4) is 0 Å². The van der Waals surface area contributed by atoms with Crippen LogP contribution in [-0.2, 0) is 16.1 Å². The Kier molecular flexibility index (Phi) is 5.91. The Hall–Kier alpha value is -3.01. The molecule has 0 aromatic heterocycles. The highest BCUT2D eigenvalue weighted by molar-refractivity contribution is 6.60. The molecule has 2 N–H and O–H groups in total. The maximum atomic E-state index is 13.0. The van der Waals surface area contributed by atoms with Crippen LogP contribution in [0.5, 0.6) is 0 Å². The summed E-state index contributed by atoms with van der Waals surface area (Å²) < 4.78 is 5.91. The minimum atomic E-state index is -1.79. The molecule has 1 unspecified atom stereocenters. The van der Waals surface area contributed by atoms with Crippen molar-refractivity contribution in [3.8, 4) is 0 Å². The maximum Gasteiger partial charge on any atom is 0.489 e. The maximum absolute atomic E-state index is 13.0. The third-order valence-corrected chi connectivity index (χ3v) is 5.89. The fourth-order valence-corrected chi connectivity index (χ4v) is 4.23. The Morgan fingerprint density at radius 3 is 2.65 bits per heavy atom. The minimum Gasteiger partial charge on any atom is -0.423 e. The molecule has 1 atom stereocenters. The van der Waals surface area contributed by atoms with Crippen molar-refractivity contribution in [2.45, 2.75) is 18.6 Å². The summed E-state index contributed by atoms with van der Waals surface area (Å²) in [6.45, 7) is 1.68. The molecule has 2 amide bonds. The van der Waals surface area contributed by atoms with Gasteiger partial charge in [-0.3, -0.25) is 14.4 Å². The van der Waals surface area contributed by atoms with Crippen molar-refractivity contribution in [3.63, 3.8) is 0 Å². The Labute approximate surface area is 180 Å². The normalized spacial score (nSPS) is 20.9. The van der Waals surface area contributed by atoms with Gasteiger partial charge in [-0.2, -0.15) is 0 Å². The number of hydrogen-bond acceptors (Lipinski definition) is 6. The molecule has 0 bridgehead atoms. The van der Waals surface area contributed by atoms with Crippen LogP contribution < -0.4 is 5.46 Å². The Morgan fingerprint density at radius 2 is 1.94 bits per heavy atom. The molecule has 9 heteroatoms. The van der Waals surface area contributed by atoms with E-state index in [2.05, 4.69) is 0 Å². The standard InChI is InChI=1S/C22H23BN2O6/c26-12-18-10-17(6-7-19(18)23(29)30)21(28)24-9-8-22(14-24)15-25(20(27)13-31-22)11-16-4-2-1-3-5-16/h1-7,10,12,29-30H,8-9,11,13-15H2. The van der Waals surface area contributed by atoms with E-state index in [0.29, 0.717) is 38.9 Å². The lowest BCUT2D eigenvalue weighted by Crippen LogP contribution is -2.55. The van der Waals surface area contributed by atoms with Crippen molar-refractivity contribution >= 4 is 30.7 Å². The quantitative estimate of drug-likeness (QED) is 0.512. The predicted molar refractivity (Wildman–Crippen MR) is 113 cm³/mol. The summed E-state index contributed by atoms with van der Waals surface area (Å²) in [5.74, 6) is -0.345. The second-order valence-electron chi connectivity index (χ2n) is 8.02. The van der Waals surface area contributed by atoms with Crippen LogP contribution >= 0.6 is 0 Å². The van der Waals surface area contributed by atoms with Crippen LogP contribution in [-0.4, -0.2) is 76.9 Å². The van der Waals surface area contributed by atoms with Gasteiger partial charge in [0, 0.05) is 24.2 Å². The van der Waals surface area contributed by atoms with E-state index < -0.39 is 12.7 Å². The van der Waals surface area contributed by atoms with Gasteiger partial charge >= 0.3 is 7.12 Å². The molecule has 0 radical (unpaired) electrons. The first-order valence-corrected chi connectivity index (χ1v) is 10.1. The predicted octanol–water partition coefficient (Wildman–Crippen LogP) is -0.177. The van der Waals surface area contributed by atoms with E-state index in [4.69, 9.17) is 4.74 Å².